The van der Waals surface area contributed by atoms with Crippen molar-refractivity contribution in [3.63, 3.8) is 0 Å². The van der Waals surface area contributed by atoms with Crippen LogP contribution in [0.1, 0.15) is 24.9 Å². The molecule has 5 aromatic carbocycles. The molecule has 1 radical (unpaired) electrons. The molecule has 0 fully saturated rings. The van der Waals surface area contributed by atoms with E-state index in [9.17, 15) is 26.3 Å². The Labute approximate surface area is 310 Å². The zero-order chi connectivity index (χ0) is 40.2. The van der Waals surface area contributed by atoms with E-state index >= 15 is 0 Å². The SMILES string of the molecule is [2H]C([2H])([2H])c1ccc(-c2[c-]cccc2)nc1.[2H]c1c([2H])c(C(F)(F)F)c(-c2ccnc(-c3[c-]ccc4c3oc3c5ccccc5ccc43)c2)c(C(F)(F)F)c1[2H].[Ir]. The van der Waals surface area contributed by atoms with Gasteiger partial charge in [0.2, 0.25) is 0 Å². The average Bonchev–Trinajstić information content (AvgIpc) is 3.56. The van der Waals surface area contributed by atoms with Gasteiger partial charge in [-0.2, -0.15) is 26.3 Å². The molecule has 3 heterocycles. The molecular formula is C41H24F6IrN2O-2. The van der Waals surface area contributed by atoms with Crippen molar-refractivity contribution < 1.29 is 59.1 Å². The maximum atomic E-state index is 14.1. The monoisotopic (exact) mass is 873 g/mol. The number of fused-ring (bicyclic) bond motifs is 5. The van der Waals surface area contributed by atoms with E-state index in [2.05, 4.69) is 22.1 Å². The number of alkyl halides is 6. The molecule has 0 N–H and O–H groups in total. The van der Waals surface area contributed by atoms with Crippen molar-refractivity contribution in [2.75, 3.05) is 0 Å². The van der Waals surface area contributed by atoms with Gasteiger partial charge in [-0.25, -0.2) is 0 Å². The summed E-state index contributed by atoms with van der Waals surface area (Å²) >= 11 is 0. The summed E-state index contributed by atoms with van der Waals surface area (Å²) < 4.78 is 136. The molecule has 0 aliphatic rings. The molecule has 0 aliphatic carbocycles. The molecule has 0 unspecified atom stereocenters. The van der Waals surface area contributed by atoms with Crippen LogP contribution >= 0.6 is 0 Å². The topological polar surface area (TPSA) is 38.9 Å². The Morgan fingerprint density at radius 1 is 0.706 bits per heavy atom. The maximum Gasteiger partial charge on any atom is 0.417 e. The summed E-state index contributed by atoms with van der Waals surface area (Å²) in [4.78, 5) is 8.30. The van der Waals surface area contributed by atoms with Gasteiger partial charge in [-0.1, -0.05) is 71.6 Å². The first kappa shape index (κ1) is 28.4. The molecule has 3 nitrogen and oxygen atoms in total. The normalized spacial score (nSPS) is 13.6. The second-order valence-corrected chi connectivity index (χ2v) is 11.0. The van der Waals surface area contributed by atoms with Crippen LogP contribution in [0.5, 0.6) is 0 Å². The van der Waals surface area contributed by atoms with Crippen LogP contribution in [0.3, 0.4) is 0 Å². The number of benzene rings is 5. The zero-order valence-electron chi connectivity index (χ0n) is 31.8. The van der Waals surface area contributed by atoms with E-state index in [-0.39, 0.29) is 42.5 Å². The first-order valence-electron chi connectivity index (χ1n) is 17.9. The fourth-order valence-corrected chi connectivity index (χ4v) is 5.61. The van der Waals surface area contributed by atoms with Crippen LogP contribution in [0.15, 0.2) is 132 Å². The van der Waals surface area contributed by atoms with Crippen molar-refractivity contribution >= 4 is 32.7 Å². The summed E-state index contributed by atoms with van der Waals surface area (Å²) in [6.07, 6.45) is -8.39. The van der Waals surface area contributed by atoms with Gasteiger partial charge in [0.25, 0.3) is 0 Å². The quantitative estimate of drug-likeness (QED) is 0.131. The van der Waals surface area contributed by atoms with Crippen LogP contribution < -0.4 is 0 Å². The number of aryl methyl sites for hydroxylation is 1. The number of nitrogens with zero attached hydrogens (tertiary/aromatic N) is 2. The summed E-state index contributed by atoms with van der Waals surface area (Å²) in [6, 6.07) is 28.7. The summed E-state index contributed by atoms with van der Waals surface area (Å²) in [5, 5.41) is 3.13. The summed E-state index contributed by atoms with van der Waals surface area (Å²) in [5.74, 6) is 0. The Morgan fingerprint density at radius 3 is 2.14 bits per heavy atom. The van der Waals surface area contributed by atoms with E-state index in [1.54, 1.807) is 30.3 Å². The minimum absolute atomic E-state index is 0. The van der Waals surface area contributed by atoms with Gasteiger partial charge in [-0.15, -0.1) is 54.1 Å². The summed E-state index contributed by atoms with van der Waals surface area (Å²) in [7, 11) is 0. The molecule has 0 saturated carbocycles. The first-order chi connectivity index (χ1) is 26.4. The van der Waals surface area contributed by atoms with Crippen LogP contribution in [-0.2, 0) is 32.5 Å². The number of halogens is 6. The molecule has 8 aromatic rings. The van der Waals surface area contributed by atoms with E-state index in [0.717, 1.165) is 45.7 Å². The number of hydrogen-bond acceptors (Lipinski definition) is 3. The summed E-state index contributed by atoms with van der Waals surface area (Å²) in [6.45, 7) is -2.09. The van der Waals surface area contributed by atoms with Crippen LogP contribution in [0.4, 0.5) is 26.3 Å². The number of furan rings is 1. The second kappa shape index (κ2) is 14.1. The molecule has 51 heavy (non-hydrogen) atoms. The third kappa shape index (κ3) is 7.15. The standard InChI is InChI=1S/C29H14F6NO.C12H10N.Ir/c30-28(31,32)22-9-4-10-23(29(33,34)35)25(22)17-13-14-36-24(15-17)21-8-3-7-19-20-12-11-16-5-1-2-6-18(16)26(20)37-27(19)21;1-10-7-8-12(13-9-10)11-5-3-2-4-6-11;/h1-7,9-15H;2-5,7-9H,1H3;/q2*-1;/i4D,9D,10D;1D3;. The second-order valence-electron chi connectivity index (χ2n) is 11.0. The molecule has 0 aliphatic heterocycles. The number of pyridine rings is 2. The smallest absolute Gasteiger partial charge is 0.417 e. The third-order valence-corrected chi connectivity index (χ3v) is 7.82. The van der Waals surface area contributed by atoms with Crippen LogP contribution in [0.2, 0.25) is 0 Å². The molecule has 10 heteroatoms. The molecular weight excluding hydrogens is 843 g/mol. The van der Waals surface area contributed by atoms with Crippen LogP contribution in [0.25, 0.3) is 66.4 Å². The van der Waals surface area contributed by atoms with Gasteiger partial charge in [0.1, 0.15) is 5.58 Å². The van der Waals surface area contributed by atoms with E-state index in [1.807, 2.05) is 54.6 Å². The van der Waals surface area contributed by atoms with Gasteiger partial charge in [0, 0.05) is 52.9 Å². The molecule has 0 spiro atoms. The van der Waals surface area contributed by atoms with Gasteiger partial charge in [0.05, 0.1) is 20.8 Å². The summed E-state index contributed by atoms with van der Waals surface area (Å²) in [5.41, 5.74) is -3.01. The molecule has 3 aromatic heterocycles. The molecule has 8 rings (SSSR count). The zero-order valence-corrected chi connectivity index (χ0v) is 28.2. The first-order valence-corrected chi connectivity index (χ1v) is 14.9. The van der Waals surface area contributed by atoms with Crippen molar-refractivity contribution in [2.24, 2.45) is 0 Å². The molecule has 0 saturated heterocycles. The maximum absolute atomic E-state index is 14.1. The fraction of sp³-hybridized carbons (Fsp3) is 0.0732. The third-order valence-electron chi connectivity index (χ3n) is 7.82. The molecule has 0 bridgehead atoms. The van der Waals surface area contributed by atoms with E-state index in [4.69, 9.17) is 12.6 Å². The predicted octanol–water partition coefficient (Wildman–Crippen LogP) is 12.2. The van der Waals surface area contributed by atoms with Gasteiger partial charge >= 0.3 is 12.4 Å². The van der Waals surface area contributed by atoms with Crippen molar-refractivity contribution in [1.29, 1.82) is 0 Å². The Bertz CT molecular complexity index is 2710. The van der Waals surface area contributed by atoms with Crippen LogP contribution in [-0.4, -0.2) is 9.97 Å². The van der Waals surface area contributed by atoms with Crippen molar-refractivity contribution in [2.45, 2.75) is 19.2 Å². The van der Waals surface area contributed by atoms with Crippen LogP contribution in [0, 0.1) is 19.0 Å². The van der Waals surface area contributed by atoms with Gasteiger partial charge in [-0.3, -0.25) is 0 Å². The van der Waals surface area contributed by atoms with Gasteiger partial charge in [0.15, 0.2) is 0 Å². The average molecular weight is 873 g/mol. The predicted molar refractivity (Wildman–Crippen MR) is 182 cm³/mol. The Hall–Kier alpha value is -5.31. The minimum atomic E-state index is -5.41. The number of rotatable bonds is 3. The number of hydrogen-bond donors (Lipinski definition) is 0. The Balaban J connectivity index is 0.000000271. The Kier molecular flexibility index (Phi) is 7.87. The van der Waals surface area contributed by atoms with Crippen molar-refractivity contribution in [1.82, 2.24) is 9.97 Å². The molecule has 0 amide bonds. The van der Waals surface area contributed by atoms with Gasteiger partial charge in [-0.05, 0) is 52.9 Å². The van der Waals surface area contributed by atoms with E-state index in [0.29, 0.717) is 11.0 Å². The van der Waals surface area contributed by atoms with E-state index in [1.165, 1.54) is 6.20 Å². The molecule has 0 atom stereocenters. The van der Waals surface area contributed by atoms with Crippen molar-refractivity contribution in [3.8, 4) is 33.6 Å². The molecule has 257 valence electrons. The number of aromatic nitrogens is 2. The van der Waals surface area contributed by atoms with E-state index < -0.39 is 59.6 Å². The van der Waals surface area contributed by atoms with Gasteiger partial charge < -0.3 is 14.4 Å². The largest absolute Gasteiger partial charge is 0.500 e. The fourth-order valence-electron chi connectivity index (χ4n) is 5.61. The Morgan fingerprint density at radius 2 is 1.45 bits per heavy atom. The minimum Gasteiger partial charge on any atom is -0.500 e. The van der Waals surface area contributed by atoms with Crippen molar-refractivity contribution in [3.05, 3.63) is 156 Å².